The summed E-state index contributed by atoms with van der Waals surface area (Å²) in [5, 5.41) is 5.52. The summed E-state index contributed by atoms with van der Waals surface area (Å²) in [5.41, 5.74) is -0.399. The molecule has 2 N–H and O–H groups in total. The van der Waals surface area contributed by atoms with E-state index in [0.717, 1.165) is 10.9 Å². The van der Waals surface area contributed by atoms with Gasteiger partial charge in [-0.3, -0.25) is 10.3 Å². The third kappa shape index (κ3) is 5.32. The van der Waals surface area contributed by atoms with Crippen molar-refractivity contribution in [1.82, 2.24) is 29.5 Å². The van der Waals surface area contributed by atoms with E-state index in [1.54, 1.807) is 6.92 Å². The van der Waals surface area contributed by atoms with Gasteiger partial charge in [-0.2, -0.15) is 23.2 Å². The van der Waals surface area contributed by atoms with Crippen LogP contribution in [-0.4, -0.2) is 66.0 Å². The molecule has 0 spiro atoms. The van der Waals surface area contributed by atoms with Gasteiger partial charge in [0.15, 0.2) is 10.8 Å². The van der Waals surface area contributed by atoms with Crippen LogP contribution in [0.1, 0.15) is 17.3 Å². The smallest absolute Gasteiger partial charge is 0.342 e. The molecule has 3 aromatic rings. The van der Waals surface area contributed by atoms with E-state index in [0.29, 0.717) is 5.75 Å². The molecule has 3 aromatic heterocycles. The minimum Gasteiger partial charge on any atom is -0.496 e. The van der Waals surface area contributed by atoms with Crippen LogP contribution in [0.3, 0.4) is 0 Å². The normalized spacial score (nSPS) is 10.9. The summed E-state index contributed by atoms with van der Waals surface area (Å²) in [4.78, 5) is 36.6. The number of nitrogens with zero attached hydrogens (tertiary/aromatic N) is 5. The van der Waals surface area contributed by atoms with Gasteiger partial charge in [-0.25, -0.2) is 19.3 Å². The fraction of sp³-hybridized carbons (Fsp3) is 0.222. The number of rotatable bonds is 8. The number of urea groups is 1. The van der Waals surface area contributed by atoms with Crippen molar-refractivity contribution in [1.29, 1.82) is 0 Å². The van der Waals surface area contributed by atoms with Gasteiger partial charge in [-0.15, -0.1) is 0 Å². The maximum Gasteiger partial charge on any atom is 0.342 e. The summed E-state index contributed by atoms with van der Waals surface area (Å²) in [6.45, 7) is 1.55. The predicted molar refractivity (Wildman–Crippen MR) is 112 cm³/mol. The molecule has 0 aliphatic rings. The van der Waals surface area contributed by atoms with Gasteiger partial charge in [0.2, 0.25) is 5.88 Å². The van der Waals surface area contributed by atoms with E-state index in [4.69, 9.17) is 14.2 Å². The molecule has 0 aliphatic heterocycles. The molecule has 2 amide bonds. The average molecular weight is 477 g/mol. The number of hydrogen-bond donors (Lipinski definition) is 2. The zero-order valence-corrected chi connectivity index (χ0v) is 18.5. The lowest BCUT2D eigenvalue weighted by molar-refractivity contribution is 0.0521. The Labute approximate surface area is 188 Å². The van der Waals surface area contributed by atoms with E-state index in [1.165, 1.54) is 44.9 Å². The second kappa shape index (κ2) is 9.90. The van der Waals surface area contributed by atoms with E-state index in [9.17, 15) is 18.0 Å². The van der Waals surface area contributed by atoms with Crippen LogP contribution < -0.4 is 19.5 Å². The van der Waals surface area contributed by atoms with Gasteiger partial charge in [0, 0.05) is 24.5 Å². The summed E-state index contributed by atoms with van der Waals surface area (Å²) < 4.78 is 43.9. The zero-order valence-electron chi connectivity index (χ0n) is 17.7. The Hall–Kier alpha value is -4.27. The molecule has 3 heterocycles. The average Bonchev–Trinajstić information content (AvgIpc) is 3.25. The van der Waals surface area contributed by atoms with Gasteiger partial charge < -0.3 is 14.2 Å². The fourth-order valence-electron chi connectivity index (χ4n) is 2.59. The number of ether oxygens (including phenoxy) is 3. The van der Waals surface area contributed by atoms with Crippen LogP contribution in [0.25, 0.3) is 5.82 Å². The van der Waals surface area contributed by atoms with Gasteiger partial charge in [0.05, 0.1) is 33.2 Å². The number of hydrogen-bond acceptors (Lipinski definition) is 11. The van der Waals surface area contributed by atoms with Crippen LogP contribution in [0.2, 0.25) is 0 Å². The van der Waals surface area contributed by atoms with Crippen molar-refractivity contribution in [2.24, 2.45) is 0 Å². The molecule has 15 heteroatoms. The van der Waals surface area contributed by atoms with Crippen LogP contribution in [0.4, 0.5) is 10.6 Å². The number of carbonyl (C=O) groups is 2. The molecule has 0 radical (unpaired) electrons. The molecule has 0 bridgehead atoms. The number of aromatic nitrogens is 5. The highest BCUT2D eigenvalue weighted by atomic mass is 32.2. The van der Waals surface area contributed by atoms with E-state index in [2.05, 4.69) is 25.4 Å². The first kappa shape index (κ1) is 23.4. The number of amides is 2. The van der Waals surface area contributed by atoms with Crippen LogP contribution in [0.5, 0.6) is 11.6 Å². The van der Waals surface area contributed by atoms with Gasteiger partial charge >= 0.3 is 12.0 Å². The molecule has 0 saturated heterocycles. The number of carbonyl (C=O) groups excluding carboxylic acids is 2. The first-order chi connectivity index (χ1) is 15.8. The molecule has 0 atom stereocenters. The number of nitrogens with one attached hydrogen (secondary N) is 2. The summed E-state index contributed by atoms with van der Waals surface area (Å²) in [5.74, 6) is -0.573. The van der Waals surface area contributed by atoms with Gasteiger partial charge in [0.25, 0.3) is 10.0 Å². The Morgan fingerprint density at radius 3 is 2.55 bits per heavy atom. The highest BCUT2D eigenvalue weighted by Crippen LogP contribution is 2.23. The lowest BCUT2D eigenvalue weighted by atomic mass is 10.4. The molecule has 3 rings (SSSR count). The third-order valence-electron chi connectivity index (χ3n) is 3.93. The number of esters is 1. The lowest BCUT2D eigenvalue weighted by Crippen LogP contribution is -2.36. The largest absolute Gasteiger partial charge is 0.496 e. The summed E-state index contributed by atoms with van der Waals surface area (Å²) in [7, 11) is -1.90. The molecule has 0 unspecified atom stereocenters. The van der Waals surface area contributed by atoms with Gasteiger partial charge in [0.1, 0.15) is 17.1 Å². The Balaban J connectivity index is 1.95. The number of anilines is 1. The van der Waals surface area contributed by atoms with Crippen molar-refractivity contribution in [3.63, 3.8) is 0 Å². The van der Waals surface area contributed by atoms with E-state index in [-0.39, 0.29) is 24.1 Å². The van der Waals surface area contributed by atoms with Crippen LogP contribution >= 0.6 is 0 Å². The molecule has 14 nitrogen and oxygen atoms in total. The topological polar surface area (TPSA) is 177 Å². The van der Waals surface area contributed by atoms with Gasteiger partial charge in [-0.05, 0) is 6.92 Å². The van der Waals surface area contributed by atoms with E-state index >= 15 is 0 Å². The number of sulfonamides is 1. The van der Waals surface area contributed by atoms with Crippen molar-refractivity contribution in [3.05, 3.63) is 42.5 Å². The third-order valence-corrected chi connectivity index (χ3v) is 5.29. The first-order valence-electron chi connectivity index (χ1n) is 9.24. The van der Waals surface area contributed by atoms with Crippen LogP contribution in [0, 0.1) is 0 Å². The molecule has 174 valence electrons. The Morgan fingerprint density at radius 2 is 1.91 bits per heavy atom. The zero-order chi connectivity index (χ0) is 24.0. The summed E-state index contributed by atoms with van der Waals surface area (Å²) in [6, 6.07) is 1.65. The number of methoxy groups -OCH3 is 2. The molecule has 0 aromatic carbocycles. The minimum atomic E-state index is -4.66. The molecular weight excluding hydrogens is 458 g/mol. The molecule has 0 fully saturated rings. The SMILES string of the molecule is CCOC(=O)c1cnn(-c2cnccn2)c1S(=O)(=O)NC(=O)Nc1cc(OC)cc(OC)n1. The van der Waals surface area contributed by atoms with Crippen LogP contribution in [-0.2, 0) is 14.8 Å². The Kier molecular flexibility index (Phi) is 7.02. The van der Waals surface area contributed by atoms with Crippen molar-refractivity contribution < 1.29 is 32.2 Å². The van der Waals surface area contributed by atoms with Crippen molar-refractivity contribution in [2.45, 2.75) is 11.9 Å². The maximum atomic E-state index is 13.1. The maximum absolute atomic E-state index is 13.1. The van der Waals surface area contributed by atoms with Crippen molar-refractivity contribution >= 4 is 27.8 Å². The second-order valence-corrected chi connectivity index (χ2v) is 7.65. The predicted octanol–water partition coefficient (Wildman–Crippen LogP) is 0.762. The first-order valence-corrected chi connectivity index (χ1v) is 10.7. The quantitative estimate of drug-likeness (QED) is 0.438. The molecule has 0 aliphatic carbocycles. The molecule has 0 saturated carbocycles. The second-order valence-electron chi connectivity index (χ2n) is 6.05. The van der Waals surface area contributed by atoms with E-state index in [1.807, 2.05) is 4.72 Å². The van der Waals surface area contributed by atoms with E-state index < -0.39 is 32.6 Å². The highest BCUT2D eigenvalue weighted by Gasteiger charge is 2.32. The highest BCUT2D eigenvalue weighted by molar-refractivity contribution is 7.90. The monoisotopic (exact) mass is 477 g/mol. The summed E-state index contributed by atoms with van der Waals surface area (Å²) >= 11 is 0. The van der Waals surface area contributed by atoms with Crippen LogP contribution in [0.15, 0.2) is 41.9 Å². The summed E-state index contributed by atoms with van der Waals surface area (Å²) in [6.07, 6.45) is 4.90. The van der Waals surface area contributed by atoms with Crippen molar-refractivity contribution in [2.75, 3.05) is 26.1 Å². The standard InChI is InChI=1S/C18H19N7O7S/c1-4-32-17(26)12-9-21-25(14-10-19-5-6-20-14)16(12)33(28,29)24-18(27)23-13-7-11(30-2)8-15(22-13)31-3/h5-10H,4H2,1-3H3,(H2,22,23,24,27). The molecule has 33 heavy (non-hydrogen) atoms. The minimum absolute atomic E-state index is 0.00645. The van der Waals surface area contributed by atoms with Crippen molar-refractivity contribution in [3.8, 4) is 17.4 Å². The Morgan fingerprint density at radius 1 is 1.12 bits per heavy atom. The fourth-order valence-corrected chi connectivity index (χ4v) is 3.77. The number of pyridine rings is 1. The Bertz CT molecular complexity index is 1240. The molecular formula is C18H19N7O7S. The van der Waals surface area contributed by atoms with Gasteiger partial charge in [-0.1, -0.05) is 0 Å². The lowest BCUT2D eigenvalue weighted by Gasteiger charge is -2.12.